The highest BCUT2D eigenvalue weighted by atomic mass is 19.1. The molecule has 0 bridgehead atoms. The van der Waals surface area contributed by atoms with E-state index in [0.29, 0.717) is 23.1 Å². The molecule has 11 heteroatoms. The summed E-state index contributed by atoms with van der Waals surface area (Å²) < 4.78 is 15.2. The van der Waals surface area contributed by atoms with Crippen LogP contribution in [0.2, 0.25) is 0 Å². The highest BCUT2D eigenvalue weighted by Crippen LogP contribution is 2.26. The van der Waals surface area contributed by atoms with Gasteiger partial charge in [0.05, 0.1) is 24.3 Å². The van der Waals surface area contributed by atoms with E-state index >= 15 is 0 Å². The zero-order valence-electron chi connectivity index (χ0n) is 21.0. The van der Waals surface area contributed by atoms with Gasteiger partial charge in [0.2, 0.25) is 5.91 Å². The molecule has 3 rings (SSSR count). The van der Waals surface area contributed by atoms with E-state index in [1.54, 1.807) is 26.0 Å². The molecule has 37 heavy (non-hydrogen) atoms. The maximum atomic E-state index is 14.0. The average Bonchev–Trinajstić information content (AvgIpc) is 2.86. The Bertz CT molecular complexity index is 1390. The summed E-state index contributed by atoms with van der Waals surface area (Å²) >= 11 is 0. The number of aryl methyl sites for hydroxylation is 2. The quantitative estimate of drug-likeness (QED) is 0.269. The number of fused-ring (bicyclic) bond motifs is 1. The molecule has 0 aliphatic rings. The Morgan fingerprint density at radius 3 is 2.57 bits per heavy atom. The van der Waals surface area contributed by atoms with Crippen LogP contribution < -0.4 is 16.2 Å². The van der Waals surface area contributed by atoms with Crippen LogP contribution in [0.25, 0.3) is 11.0 Å². The van der Waals surface area contributed by atoms with Crippen molar-refractivity contribution in [3.63, 3.8) is 0 Å². The van der Waals surface area contributed by atoms with Gasteiger partial charge in [-0.1, -0.05) is 6.07 Å². The van der Waals surface area contributed by atoms with E-state index in [1.807, 2.05) is 0 Å². The van der Waals surface area contributed by atoms with E-state index in [0.717, 1.165) is 5.56 Å². The van der Waals surface area contributed by atoms with Crippen LogP contribution in [0.1, 0.15) is 47.3 Å². The molecule has 0 aliphatic carbocycles. The molecule has 0 spiro atoms. The topological polar surface area (TPSA) is 154 Å². The van der Waals surface area contributed by atoms with Gasteiger partial charge in [0.1, 0.15) is 16.9 Å². The lowest BCUT2D eigenvalue weighted by atomic mass is 9.96. The first-order valence-electron chi connectivity index (χ1n) is 11.8. The number of aromatic hydroxyl groups is 1. The van der Waals surface area contributed by atoms with Crippen molar-refractivity contribution in [2.45, 2.75) is 38.6 Å². The number of pyridine rings is 2. The van der Waals surface area contributed by atoms with Crippen LogP contribution in [0.5, 0.6) is 5.75 Å². The van der Waals surface area contributed by atoms with Gasteiger partial charge in [-0.3, -0.25) is 19.4 Å². The number of aliphatic hydroxyl groups excluding tert-OH is 2. The van der Waals surface area contributed by atoms with E-state index in [4.69, 9.17) is 5.11 Å². The van der Waals surface area contributed by atoms with Crippen molar-refractivity contribution in [3.05, 3.63) is 68.9 Å². The molecule has 3 aromatic rings. The largest absolute Gasteiger partial charge is 0.505 e. The van der Waals surface area contributed by atoms with Gasteiger partial charge in [-0.25, -0.2) is 4.39 Å². The molecule has 0 fully saturated rings. The lowest BCUT2D eigenvalue weighted by molar-refractivity contribution is -0.123. The Kier molecular flexibility index (Phi) is 8.61. The highest BCUT2D eigenvalue weighted by molar-refractivity contribution is 6.01. The first kappa shape index (κ1) is 27.8. The minimum Gasteiger partial charge on any atom is -0.505 e. The number of carbonyl (C=O) groups excluding carboxylic acids is 2. The molecule has 0 saturated carbocycles. The normalized spacial score (nSPS) is 11.5. The van der Waals surface area contributed by atoms with Gasteiger partial charge in [0.25, 0.3) is 11.5 Å². The molecule has 0 saturated heterocycles. The SMILES string of the molecule is Cn1c(=O)c(C(=O)NCCO)c(O)c2ncc(Cc3ccc(F)cc3CCC(=O)NC(C)(C)CO)cc21. The number of carbonyl (C=O) groups is 2. The monoisotopic (exact) mass is 514 g/mol. The molecule has 198 valence electrons. The predicted molar refractivity (Wildman–Crippen MR) is 135 cm³/mol. The van der Waals surface area contributed by atoms with Gasteiger partial charge in [-0.15, -0.1) is 0 Å². The van der Waals surface area contributed by atoms with Gasteiger partial charge in [-0.05, 0) is 61.6 Å². The number of nitrogens with zero attached hydrogens (tertiary/aromatic N) is 2. The van der Waals surface area contributed by atoms with Gasteiger partial charge in [0, 0.05) is 26.2 Å². The molecule has 0 aliphatic heterocycles. The van der Waals surface area contributed by atoms with E-state index in [9.17, 15) is 29.0 Å². The molecule has 5 N–H and O–H groups in total. The lowest BCUT2D eigenvalue weighted by Crippen LogP contribution is -2.46. The Morgan fingerprint density at radius 1 is 1.16 bits per heavy atom. The Hall–Kier alpha value is -3.83. The van der Waals surface area contributed by atoms with Crippen molar-refractivity contribution in [1.29, 1.82) is 0 Å². The zero-order valence-corrected chi connectivity index (χ0v) is 21.0. The number of nitrogens with one attached hydrogen (secondary N) is 2. The summed E-state index contributed by atoms with van der Waals surface area (Å²) in [6.07, 6.45) is 2.17. The van der Waals surface area contributed by atoms with Crippen LogP contribution in [0.3, 0.4) is 0 Å². The summed E-state index contributed by atoms with van der Waals surface area (Å²) in [7, 11) is 1.45. The number of amides is 2. The van der Waals surface area contributed by atoms with Crippen molar-refractivity contribution >= 4 is 22.8 Å². The van der Waals surface area contributed by atoms with Gasteiger partial charge < -0.3 is 30.5 Å². The first-order valence-corrected chi connectivity index (χ1v) is 11.8. The molecule has 2 amide bonds. The average molecular weight is 515 g/mol. The van der Waals surface area contributed by atoms with Crippen LogP contribution >= 0.6 is 0 Å². The Balaban J connectivity index is 1.90. The van der Waals surface area contributed by atoms with Crippen molar-refractivity contribution in [3.8, 4) is 5.75 Å². The summed E-state index contributed by atoms with van der Waals surface area (Å²) in [5.74, 6) is -2.08. The zero-order chi connectivity index (χ0) is 27.3. The number of benzene rings is 1. The fourth-order valence-corrected chi connectivity index (χ4v) is 3.94. The van der Waals surface area contributed by atoms with E-state index < -0.39 is 34.1 Å². The second-order valence-electron chi connectivity index (χ2n) is 9.46. The van der Waals surface area contributed by atoms with E-state index in [-0.39, 0.29) is 44.0 Å². The van der Waals surface area contributed by atoms with Crippen LogP contribution in [-0.2, 0) is 24.7 Å². The molecule has 0 atom stereocenters. The summed E-state index contributed by atoms with van der Waals surface area (Å²) in [5.41, 5.74) is 0.453. The fraction of sp³-hybridized carbons (Fsp3) is 0.385. The number of hydrogen-bond donors (Lipinski definition) is 5. The third kappa shape index (κ3) is 6.49. The van der Waals surface area contributed by atoms with Crippen molar-refractivity contribution in [2.75, 3.05) is 19.8 Å². The lowest BCUT2D eigenvalue weighted by Gasteiger charge is -2.23. The third-order valence-corrected chi connectivity index (χ3v) is 5.95. The minimum absolute atomic E-state index is 0.0579. The summed E-state index contributed by atoms with van der Waals surface area (Å²) in [4.78, 5) is 41.7. The molecule has 10 nitrogen and oxygen atoms in total. The first-order chi connectivity index (χ1) is 17.5. The predicted octanol–water partition coefficient (Wildman–Crippen LogP) is 0.911. The number of hydrogen-bond acceptors (Lipinski definition) is 7. The highest BCUT2D eigenvalue weighted by Gasteiger charge is 2.22. The molecule has 0 unspecified atom stereocenters. The molecule has 0 radical (unpaired) electrons. The molecular formula is C26H31FN4O6. The second kappa shape index (κ2) is 11.5. The molecule has 2 aromatic heterocycles. The summed E-state index contributed by atoms with van der Waals surface area (Å²) in [5, 5.41) is 33.9. The van der Waals surface area contributed by atoms with E-state index in [1.165, 1.54) is 29.9 Å². The third-order valence-electron chi connectivity index (χ3n) is 5.95. The summed E-state index contributed by atoms with van der Waals surface area (Å²) in [6, 6.07) is 5.96. The van der Waals surface area contributed by atoms with Crippen molar-refractivity contribution in [2.24, 2.45) is 7.05 Å². The van der Waals surface area contributed by atoms with Gasteiger partial charge >= 0.3 is 0 Å². The number of aliphatic hydroxyl groups is 2. The van der Waals surface area contributed by atoms with Crippen LogP contribution in [0, 0.1) is 5.82 Å². The van der Waals surface area contributed by atoms with Gasteiger partial charge in [-0.2, -0.15) is 0 Å². The smallest absolute Gasteiger partial charge is 0.267 e. The van der Waals surface area contributed by atoms with Crippen molar-refractivity contribution < 1.29 is 29.3 Å². The minimum atomic E-state index is -0.817. The number of rotatable bonds is 10. The summed E-state index contributed by atoms with van der Waals surface area (Å²) in [6.45, 7) is 2.78. The maximum absolute atomic E-state index is 14.0. The van der Waals surface area contributed by atoms with Crippen LogP contribution in [-0.4, -0.2) is 62.0 Å². The molecule has 2 heterocycles. The number of aromatic nitrogens is 2. The van der Waals surface area contributed by atoms with Gasteiger partial charge in [0.15, 0.2) is 5.75 Å². The maximum Gasteiger partial charge on any atom is 0.267 e. The molecular weight excluding hydrogens is 483 g/mol. The molecule has 1 aromatic carbocycles. The Morgan fingerprint density at radius 2 is 1.89 bits per heavy atom. The van der Waals surface area contributed by atoms with Crippen LogP contribution in [0.4, 0.5) is 4.39 Å². The van der Waals surface area contributed by atoms with Crippen LogP contribution in [0.15, 0.2) is 35.3 Å². The number of halogens is 1. The second-order valence-corrected chi connectivity index (χ2v) is 9.46. The standard InChI is InChI=1S/C26H31FN4O6/c1-26(2,14-33)30-20(34)7-5-17-12-18(27)6-4-16(17)10-15-11-19-22(29-13-15)23(35)21(25(37)31(19)3)24(36)28-8-9-32/h4,6,11-13,32-33,35H,5,7-10,14H2,1-3H3,(H,28,36)(H,30,34). The van der Waals surface area contributed by atoms with Crippen molar-refractivity contribution in [1.82, 2.24) is 20.2 Å². The fourth-order valence-electron chi connectivity index (χ4n) is 3.94. The Labute approximate surface area is 212 Å². The van der Waals surface area contributed by atoms with E-state index in [2.05, 4.69) is 15.6 Å².